The van der Waals surface area contributed by atoms with Crippen molar-refractivity contribution in [2.24, 2.45) is 0 Å². The van der Waals surface area contributed by atoms with Crippen LogP contribution >= 0.6 is 0 Å². The van der Waals surface area contributed by atoms with Crippen molar-refractivity contribution in [2.45, 2.75) is 19.9 Å². The molecule has 1 unspecified atom stereocenters. The SMILES string of the molecule is CCOCC(C)Nc1ccc(C#N)cc1OC. The summed E-state index contributed by atoms with van der Waals surface area (Å²) in [6, 6.07) is 7.60. The smallest absolute Gasteiger partial charge is 0.143 e. The molecule has 17 heavy (non-hydrogen) atoms. The zero-order valence-electron chi connectivity index (χ0n) is 10.5. The van der Waals surface area contributed by atoms with Gasteiger partial charge < -0.3 is 14.8 Å². The van der Waals surface area contributed by atoms with E-state index in [0.717, 1.165) is 5.69 Å². The lowest BCUT2D eigenvalue weighted by Gasteiger charge is -2.17. The van der Waals surface area contributed by atoms with Gasteiger partial charge in [0.1, 0.15) is 5.75 Å². The van der Waals surface area contributed by atoms with Gasteiger partial charge in [0.05, 0.1) is 31.0 Å². The highest BCUT2D eigenvalue weighted by atomic mass is 16.5. The van der Waals surface area contributed by atoms with Gasteiger partial charge in [-0.1, -0.05) is 0 Å². The molecule has 1 N–H and O–H groups in total. The van der Waals surface area contributed by atoms with Gasteiger partial charge in [-0.25, -0.2) is 0 Å². The number of benzene rings is 1. The first kappa shape index (κ1) is 13.3. The number of ether oxygens (including phenoxy) is 2. The van der Waals surface area contributed by atoms with Crippen LogP contribution in [-0.4, -0.2) is 26.4 Å². The minimum absolute atomic E-state index is 0.191. The molecule has 0 bridgehead atoms. The van der Waals surface area contributed by atoms with Gasteiger partial charge in [-0.2, -0.15) is 5.26 Å². The number of hydrogen-bond donors (Lipinski definition) is 1. The molecule has 1 atom stereocenters. The molecule has 0 aliphatic heterocycles. The normalized spacial score (nSPS) is 11.6. The molecule has 0 aliphatic rings. The van der Waals surface area contributed by atoms with Crippen molar-refractivity contribution in [3.05, 3.63) is 23.8 Å². The van der Waals surface area contributed by atoms with Crippen molar-refractivity contribution < 1.29 is 9.47 Å². The Kier molecular flexibility index (Phi) is 5.31. The second kappa shape index (κ2) is 6.77. The standard InChI is InChI=1S/C13H18N2O2/c1-4-17-9-10(2)15-12-6-5-11(8-14)7-13(12)16-3/h5-7,10,15H,4,9H2,1-3H3. The Labute approximate surface area is 102 Å². The van der Waals surface area contributed by atoms with Crippen LogP contribution in [0.5, 0.6) is 5.75 Å². The monoisotopic (exact) mass is 234 g/mol. The average molecular weight is 234 g/mol. The van der Waals surface area contributed by atoms with Crippen molar-refractivity contribution >= 4 is 5.69 Å². The molecule has 1 rings (SSSR count). The number of rotatable bonds is 6. The number of nitrogens with zero attached hydrogens (tertiary/aromatic N) is 1. The fraction of sp³-hybridized carbons (Fsp3) is 0.462. The molecule has 0 heterocycles. The summed E-state index contributed by atoms with van der Waals surface area (Å²) in [5, 5.41) is 12.1. The lowest BCUT2D eigenvalue weighted by molar-refractivity contribution is 0.141. The number of hydrogen-bond acceptors (Lipinski definition) is 4. The van der Waals surface area contributed by atoms with E-state index in [0.29, 0.717) is 24.5 Å². The van der Waals surface area contributed by atoms with Gasteiger partial charge >= 0.3 is 0 Å². The predicted octanol–water partition coefficient (Wildman–Crippen LogP) is 2.40. The van der Waals surface area contributed by atoms with E-state index in [1.54, 1.807) is 19.2 Å². The second-order valence-corrected chi connectivity index (χ2v) is 3.73. The largest absolute Gasteiger partial charge is 0.495 e. The van der Waals surface area contributed by atoms with E-state index in [1.165, 1.54) is 0 Å². The van der Waals surface area contributed by atoms with E-state index in [2.05, 4.69) is 11.4 Å². The second-order valence-electron chi connectivity index (χ2n) is 3.73. The van der Waals surface area contributed by atoms with Crippen LogP contribution in [0.2, 0.25) is 0 Å². The zero-order chi connectivity index (χ0) is 12.7. The van der Waals surface area contributed by atoms with Gasteiger partial charge in [-0.05, 0) is 26.0 Å². The lowest BCUT2D eigenvalue weighted by Crippen LogP contribution is -2.22. The Morgan fingerprint density at radius 1 is 1.47 bits per heavy atom. The maximum Gasteiger partial charge on any atom is 0.143 e. The molecule has 0 saturated carbocycles. The Hall–Kier alpha value is -1.73. The first-order valence-electron chi connectivity index (χ1n) is 5.63. The summed E-state index contributed by atoms with van der Waals surface area (Å²) in [4.78, 5) is 0. The molecule has 1 aromatic rings. The Bertz CT molecular complexity index is 399. The van der Waals surface area contributed by atoms with Gasteiger partial charge in [0.15, 0.2) is 0 Å². The van der Waals surface area contributed by atoms with Crippen LogP contribution in [0.25, 0.3) is 0 Å². The van der Waals surface area contributed by atoms with Crippen LogP contribution in [0, 0.1) is 11.3 Å². The highest BCUT2D eigenvalue weighted by molar-refractivity contribution is 5.59. The summed E-state index contributed by atoms with van der Waals surface area (Å²) in [6.45, 7) is 5.35. The highest BCUT2D eigenvalue weighted by Crippen LogP contribution is 2.25. The third-order valence-corrected chi connectivity index (χ3v) is 2.30. The van der Waals surface area contributed by atoms with E-state index < -0.39 is 0 Å². The molecule has 0 fully saturated rings. The van der Waals surface area contributed by atoms with Gasteiger partial charge in [0.25, 0.3) is 0 Å². The number of nitrogens with one attached hydrogen (secondary N) is 1. The summed E-state index contributed by atoms with van der Waals surface area (Å²) in [7, 11) is 1.59. The quantitative estimate of drug-likeness (QED) is 0.821. The van der Waals surface area contributed by atoms with Gasteiger partial charge in [-0.3, -0.25) is 0 Å². The number of methoxy groups -OCH3 is 1. The minimum Gasteiger partial charge on any atom is -0.495 e. The summed E-state index contributed by atoms with van der Waals surface area (Å²) < 4.78 is 10.6. The Morgan fingerprint density at radius 3 is 2.82 bits per heavy atom. The minimum atomic E-state index is 0.191. The molecule has 0 amide bonds. The molecule has 4 nitrogen and oxygen atoms in total. The highest BCUT2D eigenvalue weighted by Gasteiger charge is 2.07. The fourth-order valence-electron chi connectivity index (χ4n) is 1.48. The first-order valence-corrected chi connectivity index (χ1v) is 5.63. The first-order chi connectivity index (χ1) is 8.21. The van der Waals surface area contributed by atoms with Crippen LogP contribution < -0.4 is 10.1 Å². The van der Waals surface area contributed by atoms with Crippen molar-refractivity contribution in [1.82, 2.24) is 0 Å². The third-order valence-electron chi connectivity index (χ3n) is 2.30. The molecule has 0 aromatic heterocycles. The molecule has 0 radical (unpaired) electrons. The number of anilines is 1. The summed E-state index contributed by atoms with van der Waals surface area (Å²) in [6.07, 6.45) is 0. The van der Waals surface area contributed by atoms with E-state index in [9.17, 15) is 0 Å². The van der Waals surface area contributed by atoms with Crippen LogP contribution in [-0.2, 0) is 4.74 Å². The number of nitriles is 1. The molecule has 1 aromatic carbocycles. The van der Waals surface area contributed by atoms with Crippen LogP contribution in [0.4, 0.5) is 5.69 Å². The van der Waals surface area contributed by atoms with Crippen molar-refractivity contribution in [3.63, 3.8) is 0 Å². The summed E-state index contributed by atoms with van der Waals surface area (Å²) in [5.74, 6) is 0.674. The molecule has 0 saturated heterocycles. The van der Waals surface area contributed by atoms with Gasteiger partial charge in [0, 0.05) is 18.7 Å². The summed E-state index contributed by atoms with van der Waals surface area (Å²) >= 11 is 0. The summed E-state index contributed by atoms with van der Waals surface area (Å²) in [5.41, 5.74) is 1.46. The zero-order valence-corrected chi connectivity index (χ0v) is 10.5. The van der Waals surface area contributed by atoms with Crippen molar-refractivity contribution in [1.29, 1.82) is 5.26 Å². The van der Waals surface area contributed by atoms with E-state index in [-0.39, 0.29) is 6.04 Å². The molecule has 92 valence electrons. The Balaban J connectivity index is 2.73. The lowest BCUT2D eigenvalue weighted by atomic mass is 10.2. The predicted molar refractivity (Wildman–Crippen MR) is 67.3 cm³/mol. The fourth-order valence-corrected chi connectivity index (χ4v) is 1.48. The molecule has 0 spiro atoms. The van der Waals surface area contributed by atoms with Crippen molar-refractivity contribution in [3.8, 4) is 11.8 Å². The molecule has 0 aliphatic carbocycles. The van der Waals surface area contributed by atoms with Crippen LogP contribution in [0.15, 0.2) is 18.2 Å². The van der Waals surface area contributed by atoms with Crippen molar-refractivity contribution in [2.75, 3.05) is 25.6 Å². The van der Waals surface area contributed by atoms with Crippen LogP contribution in [0.1, 0.15) is 19.4 Å². The van der Waals surface area contributed by atoms with E-state index in [1.807, 2.05) is 19.9 Å². The molecule has 4 heteroatoms. The molecular weight excluding hydrogens is 216 g/mol. The molecular formula is C13H18N2O2. The maximum atomic E-state index is 8.80. The topological polar surface area (TPSA) is 54.3 Å². The van der Waals surface area contributed by atoms with E-state index in [4.69, 9.17) is 14.7 Å². The Morgan fingerprint density at radius 2 is 2.24 bits per heavy atom. The maximum absolute atomic E-state index is 8.80. The average Bonchev–Trinajstić information content (AvgIpc) is 2.36. The van der Waals surface area contributed by atoms with Crippen LogP contribution in [0.3, 0.4) is 0 Å². The van der Waals surface area contributed by atoms with Gasteiger partial charge in [0.2, 0.25) is 0 Å². The third kappa shape index (κ3) is 3.97. The van der Waals surface area contributed by atoms with Gasteiger partial charge in [-0.15, -0.1) is 0 Å². The van der Waals surface area contributed by atoms with E-state index >= 15 is 0 Å².